The molecule has 6 heteroatoms. The van der Waals surface area contributed by atoms with Crippen LogP contribution in [0.5, 0.6) is 0 Å². The Balaban J connectivity index is 1.94. The van der Waals surface area contributed by atoms with Crippen molar-refractivity contribution in [2.75, 3.05) is 0 Å². The van der Waals surface area contributed by atoms with Gasteiger partial charge >= 0.3 is 0 Å². The largest absolute Gasteiger partial charge is 0.306 e. The lowest BCUT2D eigenvalue weighted by molar-refractivity contribution is 0.563. The summed E-state index contributed by atoms with van der Waals surface area (Å²) in [6.07, 6.45) is 1.78. The molecule has 3 nitrogen and oxygen atoms in total. The summed E-state index contributed by atoms with van der Waals surface area (Å²) in [4.78, 5) is 0.971. The third-order valence-electron chi connectivity index (χ3n) is 3.23. The van der Waals surface area contributed by atoms with Crippen LogP contribution in [-0.4, -0.2) is 13.1 Å². The number of benzene rings is 2. The standard InChI is InChI=1S/C16H12FNO2S2/c17-14-7-5-13(6-8-14)16-15(9-18-21-16)12-3-1-11(2-4-12)10-22(19)20/h1-9H,10H2,(H,19,20). The van der Waals surface area contributed by atoms with E-state index in [4.69, 9.17) is 4.55 Å². The molecule has 0 aliphatic rings. The molecule has 1 heterocycles. The minimum Gasteiger partial charge on any atom is -0.306 e. The lowest BCUT2D eigenvalue weighted by Crippen LogP contribution is -1.92. The second-order valence-electron chi connectivity index (χ2n) is 4.74. The monoisotopic (exact) mass is 333 g/mol. The Kier molecular flexibility index (Phi) is 4.42. The van der Waals surface area contributed by atoms with Gasteiger partial charge in [0, 0.05) is 11.8 Å². The molecule has 2 aromatic carbocycles. The van der Waals surface area contributed by atoms with E-state index in [1.807, 2.05) is 24.3 Å². The van der Waals surface area contributed by atoms with E-state index >= 15 is 0 Å². The van der Waals surface area contributed by atoms with Gasteiger partial charge in [-0.1, -0.05) is 36.4 Å². The van der Waals surface area contributed by atoms with Gasteiger partial charge in [-0.3, -0.25) is 0 Å². The predicted molar refractivity (Wildman–Crippen MR) is 87.4 cm³/mol. The van der Waals surface area contributed by atoms with E-state index in [9.17, 15) is 8.60 Å². The smallest absolute Gasteiger partial charge is 0.157 e. The van der Waals surface area contributed by atoms with Crippen molar-refractivity contribution in [1.82, 2.24) is 4.37 Å². The Hall–Kier alpha value is -1.89. The quantitative estimate of drug-likeness (QED) is 0.723. The second-order valence-corrected chi connectivity index (χ2v) is 6.47. The van der Waals surface area contributed by atoms with E-state index < -0.39 is 11.1 Å². The van der Waals surface area contributed by atoms with Crippen LogP contribution < -0.4 is 0 Å². The van der Waals surface area contributed by atoms with Gasteiger partial charge in [0.1, 0.15) is 5.82 Å². The highest BCUT2D eigenvalue weighted by atomic mass is 32.2. The van der Waals surface area contributed by atoms with Crippen molar-refractivity contribution in [3.8, 4) is 21.6 Å². The average molecular weight is 333 g/mol. The minimum atomic E-state index is -1.84. The van der Waals surface area contributed by atoms with E-state index in [0.717, 1.165) is 27.1 Å². The molecule has 3 rings (SSSR count). The van der Waals surface area contributed by atoms with Crippen LogP contribution in [0.4, 0.5) is 4.39 Å². The molecule has 0 radical (unpaired) electrons. The molecule has 0 saturated carbocycles. The molecule has 0 aliphatic carbocycles. The molecular formula is C16H12FNO2S2. The lowest BCUT2D eigenvalue weighted by Gasteiger charge is -2.05. The Morgan fingerprint density at radius 1 is 1.05 bits per heavy atom. The van der Waals surface area contributed by atoms with Gasteiger partial charge in [-0.25, -0.2) is 8.60 Å². The van der Waals surface area contributed by atoms with E-state index in [0.29, 0.717) is 0 Å². The Bertz CT molecular complexity index is 798. The number of aromatic nitrogens is 1. The van der Waals surface area contributed by atoms with Crippen molar-refractivity contribution >= 4 is 22.6 Å². The molecule has 3 aromatic rings. The molecule has 1 N–H and O–H groups in total. The average Bonchev–Trinajstić information content (AvgIpc) is 2.97. The zero-order valence-corrected chi connectivity index (χ0v) is 13.0. The number of hydrogen-bond donors (Lipinski definition) is 1. The van der Waals surface area contributed by atoms with E-state index in [2.05, 4.69) is 4.37 Å². The van der Waals surface area contributed by atoms with Crippen molar-refractivity contribution in [2.45, 2.75) is 5.75 Å². The first-order valence-corrected chi connectivity index (χ1v) is 8.56. The zero-order chi connectivity index (χ0) is 15.5. The summed E-state index contributed by atoms with van der Waals surface area (Å²) in [6, 6.07) is 13.8. The molecule has 0 saturated heterocycles. The van der Waals surface area contributed by atoms with Crippen LogP contribution in [0.3, 0.4) is 0 Å². The van der Waals surface area contributed by atoms with Crippen molar-refractivity contribution in [3.05, 3.63) is 66.1 Å². The topological polar surface area (TPSA) is 50.2 Å². The summed E-state index contributed by atoms with van der Waals surface area (Å²) >= 11 is -0.485. The molecule has 112 valence electrons. The highest BCUT2D eigenvalue weighted by Crippen LogP contribution is 2.35. The number of hydrogen-bond acceptors (Lipinski definition) is 3. The van der Waals surface area contributed by atoms with Crippen LogP contribution in [0.1, 0.15) is 5.56 Å². The third kappa shape index (κ3) is 3.30. The second kappa shape index (κ2) is 6.48. The Morgan fingerprint density at radius 2 is 1.68 bits per heavy atom. The van der Waals surface area contributed by atoms with Gasteiger partial charge < -0.3 is 4.55 Å². The van der Waals surface area contributed by atoms with Gasteiger partial charge in [0.15, 0.2) is 11.1 Å². The molecule has 0 fully saturated rings. The highest BCUT2D eigenvalue weighted by molar-refractivity contribution is 7.78. The molecule has 22 heavy (non-hydrogen) atoms. The van der Waals surface area contributed by atoms with Crippen molar-refractivity contribution in [1.29, 1.82) is 0 Å². The fraction of sp³-hybridized carbons (Fsp3) is 0.0625. The first kappa shape index (κ1) is 15.0. The number of rotatable bonds is 4. The summed E-state index contributed by atoms with van der Waals surface area (Å²) in [7, 11) is 0. The third-order valence-corrected chi connectivity index (χ3v) is 4.66. The van der Waals surface area contributed by atoms with Crippen LogP contribution in [-0.2, 0) is 16.8 Å². The highest BCUT2D eigenvalue weighted by Gasteiger charge is 2.11. The van der Waals surface area contributed by atoms with Crippen LogP contribution in [0.25, 0.3) is 21.6 Å². The molecule has 0 aliphatic heterocycles. The first-order chi connectivity index (χ1) is 10.6. The fourth-order valence-electron chi connectivity index (χ4n) is 2.18. The lowest BCUT2D eigenvalue weighted by atomic mass is 10.0. The molecular weight excluding hydrogens is 321 g/mol. The summed E-state index contributed by atoms with van der Waals surface area (Å²) in [5, 5.41) is 0. The van der Waals surface area contributed by atoms with Crippen molar-refractivity contribution in [3.63, 3.8) is 0 Å². The van der Waals surface area contributed by atoms with Gasteiger partial charge in [-0.05, 0) is 40.4 Å². The SMILES string of the molecule is O=S(O)Cc1ccc(-c2cnsc2-c2ccc(F)cc2)cc1. The normalized spacial score (nSPS) is 12.3. The van der Waals surface area contributed by atoms with Crippen molar-refractivity contribution in [2.24, 2.45) is 0 Å². The molecule has 1 atom stereocenters. The number of nitrogens with zero attached hydrogens (tertiary/aromatic N) is 1. The number of halogens is 1. The predicted octanol–water partition coefficient (Wildman–Crippen LogP) is 4.34. The zero-order valence-electron chi connectivity index (χ0n) is 11.4. The van der Waals surface area contributed by atoms with Gasteiger partial charge in [0.05, 0.1) is 10.6 Å². The Morgan fingerprint density at radius 3 is 2.32 bits per heavy atom. The summed E-state index contributed by atoms with van der Waals surface area (Å²) in [5.41, 5.74) is 3.66. The maximum absolute atomic E-state index is 13.0. The minimum absolute atomic E-state index is 0.118. The van der Waals surface area contributed by atoms with Gasteiger partial charge in [0.2, 0.25) is 0 Å². The van der Waals surface area contributed by atoms with E-state index in [-0.39, 0.29) is 11.6 Å². The van der Waals surface area contributed by atoms with Crippen molar-refractivity contribution < 1.29 is 13.2 Å². The molecule has 0 spiro atoms. The van der Waals surface area contributed by atoms with E-state index in [1.165, 1.54) is 23.7 Å². The maximum Gasteiger partial charge on any atom is 0.157 e. The van der Waals surface area contributed by atoms with Crippen LogP contribution in [0, 0.1) is 5.82 Å². The summed E-state index contributed by atoms with van der Waals surface area (Å²) in [6.45, 7) is 0. The van der Waals surface area contributed by atoms with Crippen LogP contribution >= 0.6 is 11.5 Å². The first-order valence-electron chi connectivity index (χ1n) is 6.51. The summed E-state index contributed by atoms with van der Waals surface area (Å²) in [5.74, 6) is -0.149. The molecule has 1 unspecified atom stereocenters. The van der Waals surface area contributed by atoms with Gasteiger partial charge in [0.25, 0.3) is 0 Å². The van der Waals surface area contributed by atoms with Crippen LogP contribution in [0.2, 0.25) is 0 Å². The Labute approximate surface area is 133 Å². The van der Waals surface area contributed by atoms with Gasteiger partial charge in [-0.15, -0.1) is 0 Å². The summed E-state index contributed by atoms with van der Waals surface area (Å²) < 4.78 is 37.0. The van der Waals surface area contributed by atoms with Crippen LogP contribution in [0.15, 0.2) is 54.7 Å². The fourth-order valence-corrected chi connectivity index (χ4v) is 3.43. The molecule has 0 amide bonds. The molecule has 1 aromatic heterocycles. The molecule has 0 bridgehead atoms. The van der Waals surface area contributed by atoms with E-state index in [1.54, 1.807) is 18.3 Å². The van der Waals surface area contributed by atoms with Gasteiger partial charge in [-0.2, -0.15) is 4.37 Å². The maximum atomic E-state index is 13.0.